The summed E-state index contributed by atoms with van der Waals surface area (Å²) in [6, 6.07) is 2.70. The van der Waals surface area contributed by atoms with E-state index in [0.717, 1.165) is 0 Å². The molecule has 0 N–H and O–H groups in total. The Morgan fingerprint density at radius 3 is 3.00 bits per heavy atom. The quantitative estimate of drug-likeness (QED) is 0.676. The predicted molar refractivity (Wildman–Crippen MR) is 58.2 cm³/mol. The third-order valence-corrected chi connectivity index (χ3v) is 3.21. The smallest absolute Gasteiger partial charge is 0.0362 e. The first-order chi connectivity index (χ1) is 6.79. The van der Waals surface area contributed by atoms with E-state index in [2.05, 4.69) is 29.9 Å². The maximum absolute atomic E-state index is 4.23. The zero-order chi connectivity index (χ0) is 9.97. The molecule has 2 nitrogen and oxygen atoms in total. The Hall–Kier alpha value is -0.890. The summed E-state index contributed by atoms with van der Waals surface area (Å²) in [5.74, 6) is 0. The van der Waals surface area contributed by atoms with Crippen molar-refractivity contribution in [1.82, 2.24) is 9.88 Å². The van der Waals surface area contributed by atoms with Crippen molar-refractivity contribution in [3.05, 3.63) is 29.6 Å². The number of piperidine rings is 1. The normalized spacial score (nSPS) is 23.7. The van der Waals surface area contributed by atoms with E-state index in [0.29, 0.717) is 6.04 Å². The molecule has 0 spiro atoms. The predicted octanol–water partition coefficient (Wildman–Crippen LogP) is 2.55. The standard InChI is InChI=1S/C12H18N2/c1-10-6-7-13-9-11(10)12-5-3-4-8-14(12)2/h6-7,9,12H,3-5,8H2,1-2H3. The largest absolute Gasteiger partial charge is 0.299 e. The molecule has 0 bridgehead atoms. The van der Waals surface area contributed by atoms with Crippen molar-refractivity contribution in [3.8, 4) is 0 Å². The molecule has 2 rings (SSSR count). The van der Waals surface area contributed by atoms with Crippen LogP contribution in [0.2, 0.25) is 0 Å². The lowest BCUT2D eigenvalue weighted by atomic mass is 9.94. The lowest BCUT2D eigenvalue weighted by Crippen LogP contribution is -2.30. The summed E-state index contributed by atoms with van der Waals surface area (Å²) in [5.41, 5.74) is 2.79. The van der Waals surface area contributed by atoms with Crippen molar-refractivity contribution in [1.29, 1.82) is 0 Å². The van der Waals surface area contributed by atoms with Crippen molar-refractivity contribution in [3.63, 3.8) is 0 Å². The molecular formula is C12H18N2. The number of aryl methyl sites for hydroxylation is 1. The first-order valence-corrected chi connectivity index (χ1v) is 5.40. The maximum Gasteiger partial charge on any atom is 0.0362 e. The molecule has 2 heterocycles. The molecular weight excluding hydrogens is 172 g/mol. The van der Waals surface area contributed by atoms with E-state index in [4.69, 9.17) is 0 Å². The van der Waals surface area contributed by atoms with Crippen molar-refractivity contribution >= 4 is 0 Å². The van der Waals surface area contributed by atoms with Gasteiger partial charge in [-0.1, -0.05) is 6.42 Å². The molecule has 1 atom stereocenters. The van der Waals surface area contributed by atoms with Crippen LogP contribution in [0.25, 0.3) is 0 Å². The number of likely N-dealkylation sites (tertiary alicyclic amines) is 1. The molecule has 0 aliphatic carbocycles. The van der Waals surface area contributed by atoms with Crippen LogP contribution in [0.4, 0.5) is 0 Å². The van der Waals surface area contributed by atoms with Crippen LogP contribution in [0.1, 0.15) is 36.4 Å². The number of rotatable bonds is 1. The molecule has 1 saturated heterocycles. The van der Waals surface area contributed by atoms with E-state index in [1.165, 1.54) is 36.9 Å². The van der Waals surface area contributed by atoms with Crippen LogP contribution in [-0.2, 0) is 0 Å². The molecule has 0 saturated carbocycles. The third kappa shape index (κ3) is 1.80. The Kier molecular flexibility index (Phi) is 2.82. The van der Waals surface area contributed by atoms with Gasteiger partial charge in [-0.2, -0.15) is 0 Å². The molecule has 1 aliphatic heterocycles. The second-order valence-electron chi connectivity index (χ2n) is 4.22. The average molecular weight is 190 g/mol. The summed E-state index contributed by atoms with van der Waals surface area (Å²) >= 11 is 0. The van der Waals surface area contributed by atoms with E-state index >= 15 is 0 Å². The summed E-state index contributed by atoms with van der Waals surface area (Å²) in [7, 11) is 2.22. The fourth-order valence-electron chi connectivity index (χ4n) is 2.29. The molecule has 2 heteroatoms. The van der Waals surface area contributed by atoms with E-state index in [-0.39, 0.29) is 0 Å². The van der Waals surface area contributed by atoms with E-state index in [1.54, 1.807) is 0 Å². The van der Waals surface area contributed by atoms with Crippen LogP contribution >= 0.6 is 0 Å². The van der Waals surface area contributed by atoms with Gasteiger partial charge in [0, 0.05) is 18.4 Å². The van der Waals surface area contributed by atoms with E-state index in [9.17, 15) is 0 Å². The highest BCUT2D eigenvalue weighted by Gasteiger charge is 2.21. The number of hydrogen-bond acceptors (Lipinski definition) is 2. The molecule has 0 amide bonds. The molecule has 1 unspecified atom stereocenters. The fourth-order valence-corrected chi connectivity index (χ4v) is 2.29. The van der Waals surface area contributed by atoms with Gasteiger partial charge in [-0.25, -0.2) is 0 Å². The highest BCUT2D eigenvalue weighted by atomic mass is 15.1. The molecule has 1 aromatic heterocycles. The van der Waals surface area contributed by atoms with Crippen molar-refractivity contribution < 1.29 is 0 Å². The Labute approximate surface area is 86.0 Å². The Morgan fingerprint density at radius 2 is 2.29 bits per heavy atom. The van der Waals surface area contributed by atoms with Gasteiger partial charge in [-0.05, 0) is 50.6 Å². The third-order valence-electron chi connectivity index (χ3n) is 3.21. The summed E-state index contributed by atoms with van der Waals surface area (Å²) in [4.78, 5) is 6.68. The second kappa shape index (κ2) is 4.09. The van der Waals surface area contributed by atoms with Gasteiger partial charge in [0.05, 0.1) is 0 Å². The van der Waals surface area contributed by atoms with Gasteiger partial charge in [0.15, 0.2) is 0 Å². The summed E-state index contributed by atoms with van der Waals surface area (Å²) in [6.45, 7) is 3.40. The Bertz CT molecular complexity index is 309. The van der Waals surface area contributed by atoms with Crippen LogP contribution < -0.4 is 0 Å². The van der Waals surface area contributed by atoms with Crippen LogP contribution in [0.3, 0.4) is 0 Å². The Balaban J connectivity index is 2.25. The minimum Gasteiger partial charge on any atom is -0.299 e. The van der Waals surface area contributed by atoms with Crippen LogP contribution in [0.15, 0.2) is 18.5 Å². The van der Waals surface area contributed by atoms with Gasteiger partial charge in [0.2, 0.25) is 0 Å². The van der Waals surface area contributed by atoms with Crippen LogP contribution in [-0.4, -0.2) is 23.5 Å². The molecule has 0 radical (unpaired) electrons. The summed E-state index contributed by atoms with van der Waals surface area (Å²) in [6.07, 6.45) is 7.88. The monoisotopic (exact) mass is 190 g/mol. The fraction of sp³-hybridized carbons (Fsp3) is 0.583. The molecule has 14 heavy (non-hydrogen) atoms. The van der Waals surface area contributed by atoms with Gasteiger partial charge in [0.25, 0.3) is 0 Å². The molecule has 76 valence electrons. The minimum absolute atomic E-state index is 0.595. The molecule has 1 fully saturated rings. The average Bonchev–Trinajstić information content (AvgIpc) is 2.20. The highest BCUT2D eigenvalue weighted by molar-refractivity contribution is 5.25. The SMILES string of the molecule is Cc1ccncc1C1CCCCN1C. The first-order valence-electron chi connectivity index (χ1n) is 5.40. The zero-order valence-electron chi connectivity index (χ0n) is 9.03. The van der Waals surface area contributed by atoms with Gasteiger partial charge in [0.1, 0.15) is 0 Å². The van der Waals surface area contributed by atoms with Crippen LogP contribution in [0, 0.1) is 6.92 Å². The highest BCUT2D eigenvalue weighted by Crippen LogP contribution is 2.30. The molecule has 1 aromatic rings. The van der Waals surface area contributed by atoms with Gasteiger partial charge < -0.3 is 0 Å². The molecule has 1 aliphatic rings. The number of pyridine rings is 1. The van der Waals surface area contributed by atoms with Crippen LogP contribution in [0.5, 0.6) is 0 Å². The van der Waals surface area contributed by atoms with Crippen molar-refractivity contribution in [2.45, 2.75) is 32.2 Å². The molecule has 0 aromatic carbocycles. The van der Waals surface area contributed by atoms with Gasteiger partial charge in [-0.15, -0.1) is 0 Å². The maximum atomic E-state index is 4.23. The summed E-state index contributed by atoms with van der Waals surface area (Å²) < 4.78 is 0. The van der Waals surface area contributed by atoms with Crippen molar-refractivity contribution in [2.24, 2.45) is 0 Å². The Morgan fingerprint density at radius 1 is 1.43 bits per heavy atom. The van der Waals surface area contributed by atoms with Gasteiger partial charge >= 0.3 is 0 Å². The van der Waals surface area contributed by atoms with E-state index in [1.807, 2.05) is 12.4 Å². The minimum atomic E-state index is 0.595. The number of nitrogens with zero attached hydrogens (tertiary/aromatic N) is 2. The zero-order valence-corrected chi connectivity index (χ0v) is 9.03. The van der Waals surface area contributed by atoms with E-state index < -0.39 is 0 Å². The topological polar surface area (TPSA) is 16.1 Å². The van der Waals surface area contributed by atoms with Crippen molar-refractivity contribution in [2.75, 3.05) is 13.6 Å². The lowest BCUT2D eigenvalue weighted by Gasteiger charge is -2.33. The number of hydrogen-bond donors (Lipinski definition) is 0. The first kappa shape index (κ1) is 9.66. The van der Waals surface area contributed by atoms with Gasteiger partial charge in [-0.3, -0.25) is 9.88 Å². The number of aromatic nitrogens is 1. The summed E-state index contributed by atoms with van der Waals surface area (Å²) in [5, 5.41) is 0. The lowest BCUT2D eigenvalue weighted by molar-refractivity contribution is 0.186. The second-order valence-corrected chi connectivity index (χ2v) is 4.22.